The second kappa shape index (κ2) is 11.8. The Balaban J connectivity index is 1.58. The first-order valence-corrected chi connectivity index (χ1v) is 13.6. The third-order valence-electron chi connectivity index (χ3n) is 6.66. The van der Waals surface area contributed by atoms with Gasteiger partial charge >= 0.3 is 0 Å². The summed E-state index contributed by atoms with van der Waals surface area (Å²) in [5.41, 5.74) is 6.42. The third-order valence-corrected chi connectivity index (χ3v) is 7.79. The number of allylic oxidation sites excluding steroid dienone is 3. The maximum Gasteiger partial charge on any atom is 0.286 e. The van der Waals surface area contributed by atoms with Crippen molar-refractivity contribution in [1.82, 2.24) is 4.90 Å². The van der Waals surface area contributed by atoms with Crippen LogP contribution in [0.25, 0.3) is 11.1 Å². The van der Waals surface area contributed by atoms with Crippen molar-refractivity contribution < 1.29 is 14.3 Å². The summed E-state index contributed by atoms with van der Waals surface area (Å²) in [4.78, 5) is 33.8. The van der Waals surface area contributed by atoms with Crippen molar-refractivity contribution in [2.45, 2.75) is 20.3 Å². The number of ether oxygens (including phenoxy) is 1. The van der Waals surface area contributed by atoms with E-state index in [0.717, 1.165) is 33.4 Å². The number of hydrogen-bond acceptors (Lipinski definition) is 5. The monoisotopic (exact) mass is 522 g/mol. The van der Waals surface area contributed by atoms with Crippen LogP contribution < -0.4 is 0 Å². The molecule has 5 rings (SSSR count). The Morgan fingerprint density at radius 3 is 2.11 bits per heavy atom. The number of amides is 1. The van der Waals surface area contributed by atoms with Gasteiger partial charge in [-0.05, 0) is 48.4 Å². The summed E-state index contributed by atoms with van der Waals surface area (Å²) < 4.78 is 5.48. The molecule has 3 aromatic carbocycles. The zero-order valence-corrected chi connectivity index (χ0v) is 22.5. The molecule has 1 saturated heterocycles. The molecule has 0 N–H and O–H groups in total. The second-order valence-corrected chi connectivity index (χ2v) is 10.5. The molecule has 6 heteroatoms. The quantitative estimate of drug-likeness (QED) is 0.280. The molecule has 0 aromatic heterocycles. The molecular weight excluding hydrogens is 492 g/mol. The molecule has 192 valence electrons. The van der Waals surface area contributed by atoms with E-state index in [1.165, 1.54) is 11.8 Å². The zero-order chi connectivity index (χ0) is 26.5. The van der Waals surface area contributed by atoms with Crippen LogP contribution in [0.1, 0.15) is 39.0 Å². The van der Waals surface area contributed by atoms with E-state index in [1.54, 1.807) is 0 Å². The number of aliphatic imine (C=N–C) groups is 1. The number of ketones is 1. The van der Waals surface area contributed by atoms with E-state index < -0.39 is 0 Å². The predicted molar refractivity (Wildman–Crippen MR) is 155 cm³/mol. The highest BCUT2D eigenvalue weighted by molar-refractivity contribution is 8.18. The summed E-state index contributed by atoms with van der Waals surface area (Å²) in [7, 11) is 0. The minimum absolute atomic E-state index is 0.0315. The predicted octanol–water partition coefficient (Wildman–Crippen LogP) is 6.33. The average Bonchev–Trinajstić information content (AvgIpc) is 3.34. The molecule has 0 saturated carbocycles. The molecular formula is C32H30N2O3S. The van der Waals surface area contributed by atoms with Crippen molar-refractivity contribution in [2.24, 2.45) is 4.99 Å². The number of amidine groups is 1. The number of benzene rings is 3. The molecule has 1 amide bonds. The summed E-state index contributed by atoms with van der Waals surface area (Å²) in [5, 5.41) is 0.711. The Bertz CT molecular complexity index is 1420. The Kier molecular flexibility index (Phi) is 8.01. The van der Waals surface area contributed by atoms with E-state index in [4.69, 9.17) is 4.74 Å². The zero-order valence-electron chi connectivity index (χ0n) is 21.6. The molecule has 0 spiro atoms. The highest BCUT2D eigenvalue weighted by atomic mass is 32.2. The number of morpholine rings is 1. The van der Waals surface area contributed by atoms with Gasteiger partial charge in [0.05, 0.1) is 18.1 Å². The molecule has 1 fully saturated rings. The largest absolute Gasteiger partial charge is 0.378 e. The van der Waals surface area contributed by atoms with E-state index in [-0.39, 0.29) is 18.1 Å². The van der Waals surface area contributed by atoms with Crippen molar-refractivity contribution in [3.63, 3.8) is 0 Å². The van der Waals surface area contributed by atoms with Crippen LogP contribution >= 0.6 is 11.8 Å². The van der Waals surface area contributed by atoms with Crippen LogP contribution in [0.4, 0.5) is 0 Å². The molecule has 2 aliphatic heterocycles. The molecule has 5 nitrogen and oxygen atoms in total. The van der Waals surface area contributed by atoms with Crippen molar-refractivity contribution in [3.05, 3.63) is 118 Å². The highest BCUT2D eigenvalue weighted by Crippen LogP contribution is 2.38. The van der Waals surface area contributed by atoms with Crippen LogP contribution in [0, 0.1) is 13.8 Å². The SMILES string of the molecule is Cc1ccc(C(=O)C/C(=C\C(=C2/SC(N3CCOCC3)=NC2=O)c2ccc(C)cc2)c2ccccc2)cc1. The Morgan fingerprint density at radius 1 is 0.868 bits per heavy atom. The number of nitrogens with zero attached hydrogens (tertiary/aromatic N) is 2. The van der Waals surface area contributed by atoms with Gasteiger partial charge in [0.15, 0.2) is 11.0 Å². The van der Waals surface area contributed by atoms with Crippen molar-refractivity contribution >= 4 is 39.8 Å². The number of Topliss-reactive ketones (excluding diaryl/α,β-unsaturated/α-hetero) is 1. The number of thioether (sulfide) groups is 1. The van der Waals surface area contributed by atoms with Gasteiger partial charge in [0.2, 0.25) is 0 Å². The maximum absolute atomic E-state index is 13.4. The third kappa shape index (κ3) is 6.04. The van der Waals surface area contributed by atoms with Gasteiger partial charge in [0.25, 0.3) is 5.91 Å². The molecule has 0 radical (unpaired) electrons. The van der Waals surface area contributed by atoms with Gasteiger partial charge in [-0.3, -0.25) is 9.59 Å². The van der Waals surface area contributed by atoms with Crippen LogP contribution in [0.3, 0.4) is 0 Å². The second-order valence-electron chi connectivity index (χ2n) is 9.51. The minimum atomic E-state index is -0.249. The number of carbonyl (C=O) groups excluding carboxylic acids is 2. The fourth-order valence-electron chi connectivity index (χ4n) is 4.45. The number of hydrogen-bond donors (Lipinski definition) is 0. The van der Waals surface area contributed by atoms with E-state index in [1.807, 2.05) is 98.8 Å². The Morgan fingerprint density at radius 2 is 1.47 bits per heavy atom. The van der Waals surface area contributed by atoms with Gasteiger partial charge in [-0.1, -0.05) is 90.0 Å². The summed E-state index contributed by atoms with van der Waals surface area (Å²) >= 11 is 1.41. The summed E-state index contributed by atoms with van der Waals surface area (Å²) in [6, 6.07) is 25.7. The van der Waals surface area contributed by atoms with E-state index in [0.29, 0.717) is 41.9 Å². The summed E-state index contributed by atoms with van der Waals surface area (Å²) in [5.74, 6) is -0.218. The van der Waals surface area contributed by atoms with E-state index in [2.05, 4.69) is 9.89 Å². The van der Waals surface area contributed by atoms with Crippen LogP contribution in [0.15, 0.2) is 94.8 Å². The average molecular weight is 523 g/mol. The highest BCUT2D eigenvalue weighted by Gasteiger charge is 2.30. The lowest BCUT2D eigenvalue weighted by atomic mass is 9.93. The van der Waals surface area contributed by atoms with Crippen LogP contribution in [-0.2, 0) is 9.53 Å². The fourth-order valence-corrected chi connectivity index (χ4v) is 5.49. The molecule has 3 aromatic rings. The minimum Gasteiger partial charge on any atom is -0.378 e. The van der Waals surface area contributed by atoms with Crippen molar-refractivity contribution in [1.29, 1.82) is 0 Å². The van der Waals surface area contributed by atoms with E-state index in [9.17, 15) is 9.59 Å². The lowest BCUT2D eigenvalue weighted by Gasteiger charge is -2.27. The van der Waals surface area contributed by atoms with Crippen molar-refractivity contribution in [2.75, 3.05) is 26.3 Å². The molecule has 0 aliphatic carbocycles. The Hall–Kier alpha value is -3.74. The smallest absolute Gasteiger partial charge is 0.286 e. The van der Waals surface area contributed by atoms with Gasteiger partial charge < -0.3 is 9.64 Å². The van der Waals surface area contributed by atoms with Gasteiger partial charge in [0, 0.05) is 30.6 Å². The fraction of sp³-hybridized carbons (Fsp3) is 0.219. The first-order chi connectivity index (χ1) is 18.5. The lowest BCUT2D eigenvalue weighted by Crippen LogP contribution is -2.38. The molecule has 2 aliphatic rings. The molecule has 2 heterocycles. The van der Waals surface area contributed by atoms with Crippen molar-refractivity contribution in [3.8, 4) is 0 Å². The van der Waals surface area contributed by atoms with Gasteiger partial charge in [-0.2, -0.15) is 4.99 Å². The van der Waals surface area contributed by atoms with Crippen LogP contribution in [0.2, 0.25) is 0 Å². The summed E-state index contributed by atoms with van der Waals surface area (Å²) in [6.45, 7) is 6.71. The molecule has 0 unspecified atom stereocenters. The normalized spacial score (nSPS) is 17.4. The van der Waals surface area contributed by atoms with Gasteiger partial charge in [-0.15, -0.1) is 0 Å². The van der Waals surface area contributed by atoms with Crippen LogP contribution in [0.5, 0.6) is 0 Å². The summed E-state index contributed by atoms with van der Waals surface area (Å²) in [6.07, 6.45) is 2.22. The molecule has 0 bridgehead atoms. The molecule has 0 atom stereocenters. The topological polar surface area (TPSA) is 59.0 Å². The van der Waals surface area contributed by atoms with E-state index >= 15 is 0 Å². The maximum atomic E-state index is 13.4. The standard InChI is InChI=1S/C32H30N2O3S/c1-22-8-12-25(13-9-22)28(30-31(36)33-32(38-30)34-16-18-37-19-17-34)20-27(24-6-4-3-5-7-24)21-29(35)26-14-10-23(2)11-15-26/h3-15,20H,16-19,21H2,1-2H3/b27-20+,30-28+. The van der Waals surface area contributed by atoms with Gasteiger partial charge in [-0.25, -0.2) is 0 Å². The first-order valence-electron chi connectivity index (χ1n) is 12.8. The number of aryl methyl sites for hydroxylation is 2. The van der Waals surface area contributed by atoms with Crippen LogP contribution in [-0.4, -0.2) is 48.1 Å². The number of rotatable bonds is 6. The molecule has 38 heavy (non-hydrogen) atoms. The number of carbonyl (C=O) groups is 2. The lowest BCUT2D eigenvalue weighted by molar-refractivity contribution is -0.113. The van der Waals surface area contributed by atoms with Gasteiger partial charge in [0.1, 0.15) is 0 Å². The first kappa shape index (κ1) is 25.9. The Labute approximate surface area is 227 Å².